The highest BCUT2D eigenvalue weighted by molar-refractivity contribution is 8.00. The molecule has 2 rings (SSSR count). The molecule has 2 aromatic rings. The van der Waals surface area contributed by atoms with Gasteiger partial charge in [-0.15, -0.1) is 11.8 Å². The summed E-state index contributed by atoms with van der Waals surface area (Å²) >= 11 is 7.42. The van der Waals surface area contributed by atoms with Gasteiger partial charge < -0.3 is 14.8 Å². The molecule has 0 bridgehead atoms. The maximum atomic E-state index is 12.8. The standard InChI is InChI=1S/C16H15ClFNO3S/c1-21-14-7-12(17)13(8-15(14)22-2)19-16(20)9-23-11-5-3-10(18)4-6-11/h3-8H,9H2,1-2H3,(H,19,20). The predicted molar refractivity (Wildman–Crippen MR) is 90.3 cm³/mol. The van der Waals surface area contributed by atoms with Crippen LogP contribution in [0.1, 0.15) is 0 Å². The summed E-state index contributed by atoms with van der Waals surface area (Å²) in [6.07, 6.45) is 0. The second-order valence-corrected chi connectivity index (χ2v) is 5.93. The molecule has 0 aliphatic heterocycles. The van der Waals surface area contributed by atoms with Crippen LogP contribution in [-0.4, -0.2) is 25.9 Å². The van der Waals surface area contributed by atoms with Gasteiger partial charge in [-0.3, -0.25) is 4.79 Å². The molecule has 0 saturated carbocycles. The highest BCUT2D eigenvalue weighted by atomic mass is 35.5. The van der Waals surface area contributed by atoms with E-state index in [1.807, 2.05) is 0 Å². The highest BCUT2D eigenvalue weighted by Crippen LogP contribution is 2.36. The largest absolute Gasteiger partial charge is 0.493 e. The number of ether oxygens (including phenoxy) is 2. The van der Waals surface area contributed by atoms with Crippen LogP contribution in [0.15, 0.2) is 41.3 Å². The number of rotatable bonds is 6. The zero-order chi connectivity index (χ0) is 16.8. The number of carbonyl (C=O) groups excluding carboxylic acids is 1. The number of carbonyl (C=O) groups is 1. The summed E-state index contributed by atoms with van der Waals surface area (Å²) in [6.45, 7) is 0. The first-order valence-electron chi connectivity index (χ1n) is 6.63. The van der Waals surface area contributed by atoms with Crippen molar-refractivity contribution >= 4 is 35.0 Å². The summed E-state index contributed by atoms with van der Waals surface area (Å²) in [6, 6.07) is 9.12. The third-order valence-electron chi connectivity index (χ3n) is 2.93. The summed E-state index contributed by atoms with van der Waals surface area (Å²) in [5.74, 6) is 0.593. The van der Waals surface area contributed by atoms with Crippen LogP contribution >= 0.6 is 23.4 Å². The lowest BCUT2D eigenvalue weighted by Crippen LogP contribution is -2.14. The average Bonchev–Trinajstić information content (AvgIpc) is 2.55. The van der Waals surface area contributed by atoms with Crippen LogP contribution in [0.5, 0.6) is 11.5 Å². The minimum Gasteiger partial charge on any atom is -0.493 e. The molecule has 0 fully saturated rings. The first-order chi connectivity index (χ1) is 11.0. The lowest BCUT2D eigenvalue weighted by molar-refractivity contribution is -0.113. The van der Waals surface area contributed by atoms with Crippen molar-refractivity contribution in [2.24, 2.45) is 0 Å². The highest BCUT2D eigenvalue weighted by Gasteiger charge is 2.12. The number of anilines is 1. The number of thioether (sulfide) groups is 1. The Balaban J connectivity index is 2.01. The van der Waals surface area contributed by atoms with Gasteiger partial charge in [-0.1, -0.05) is 11.6 Å². The van der Waals surface area contributed by atoms with Gasteiger partial charge in [0, 0.05) is 17.0 Å². The first kappa shape index (κ1) is 17.4. The van der Waals surface area contributed by atoms with Crippen molar-refractivity contribution in [1.82, 2.24) is 0 Å². The molecule has 7 heteroatoms. The number of hydrogen-bond donors (Lipinski definition) is 1. The average molecular weight is 356 g/mol. The maximum Gasteiger partial charge on any atom is 0.234 e. The quantitative estimate of drug-likeness (QED) is 0.788. The summed E-state index contributed by atoms with van der Waals surface area (Å²) in [4.78, 5) is 12.8. The van der Waals surface area contributed by atoms with Gasteiger partial charge in [0.05, 0.1) is 30.7 Å². The molecule has 0 unspecified atom stereocenters. The first-order valence-corrected chi connectivity index (χ1v) is 7.99. The van der Waals surface area contributed by atoms with Crippen molar-refractivity contribution in [2.45, 2.75) is 4.90 Å². The van der Waals surface area contributed by atoms with Gasteiger partial charge in [-0.2, -0.15) is 0 Å². The number of benzene rings is 2. The van der Waals surface area contributed by atoms with Crippen molar-refractivity contribution in [1.29, 1.82) is 0 Å². The van der Waals surface area contributed by atoms with E-state index in [2.05, 4.69) is 5.32 Å². The van der Waals surface area contributed by atoms with Gasteiger partial charge in [-0.05, 0) is 24.3 Å². The number of hydrogen-bond acceptors (Lipinski definition) is 4. The second-order valence-electron chi connectivity index (χ2n) is 4.48. The van der Waals surface area contributed by atoms with E-state index in [1.165, 1.54) is 38.1 Å². The monoisotopic (exact) mass is 355 g/mol. The van der Waals surface area contributed by atoms with Crippen LogP contribution in [-0.2, 0) is 4.79 Å². The van der Waals surface area contributed by atoms with E-state index in [9.17, 15) is 9.18 Å². The fourth-order valence-corrected chi connectivity index (χ4v) is 2.72. The van der Waals surface area contributed by atoms with E-state index in [-0.39, 0.29) is 17.5 Å². The Labute approximate surface area is 142 Å². The number of halogens is 2. The molecule has 0 atom stereocenters. The van der Waals surface area contributed by atoms with Gasteiger partial charge in [0.15, 0.2) is 11.5 Å². The fourth-order valence-electron chi connectivity index (χ4n) is 1.82. The molecule has 0 saturated heterocycles. The van der Waals surface area contributed by atoms with E-state index in [4.69, 9.17) is 21.1 Å². The Morgan fingerprint density at radius 2 is 1.78 bits per heavy atom. The molecule has 1 amide bonds. The van der Waals surface area contributed by atoms with Crippen molar-refractivity contribution in [3.8, 4) is 11.5 Å². The number of methoxy groups -OCH3 is 2. The van der Waals surface area contributed by atoms with E-state index in [0.717, 1.165) is 4.90 Å². The van der Waals surface area contributed by atoms with Crippen LogP contribution < -0.4 is 14.8 Å². The molecular weight excluding hydrogens is 341 g/mol. The molecule has 0 radical (unpaired) electrons. The Kier molecular flexibility index (Phi) is 6.12. The molecule has 23 heavy (non-hydrogen) atoms. The lowest BCUT2D eigenvalue weighted by Gasteiger charge is -2.12. The van der Waals surface area contributed by atoms with Crippen LogP contribution in [0.3, 0.4) is 0 Å². The Hall–Kier alpha value is -1.92. The molecule has 4 nitrogen and oxygen atoms in total. The van der Waals surface area contributed by atoms with Gasteiger partial charge in [0.2, 0.25) is 5.91 Å². The van der Waals surface area contributed by atoms with E-state index < -0.39 is 0 Å². The Morgan fingerprint density at radius 3 is 2.39 bits per heavy atom. The lowest BCUT2D eigenvalue weighted by atomic mass is 10.2. The van der Waals surface area contributed by atoms with Crippen LogP contribution in [0.2, 0.25) is 5.02 Å². The summed E-state index contributed by atoms with van der Waals surface area (Å²) in [5, 5.41) is 3.07. The summed E-state index contributed by atoms with van der Waals surface area (Å²) in [7, 11) is 3.01. The molecule has 0 heterocycles. The number of amides is 1. The molecule has 2 aromatic carbocycles. The summed E-state index contributed by atoms with van der Waals surface area (Å²) < 4.78 is 23.1. The minimum atomic E-state index is -0.309. The van der Waals surface area contributed by atoms with Crippen LogP contribution in [0, 0.1) is 5.82 Å². The van der Waals surface area contributed by atoms with Crippen LogP contribution in [0.25, 0.3) is 0 Å². The predicted octanol–water partition coefficient (Wildman–Crippen LogP) is 4.23. The van der Waals surface area contributed by atoms with Gasteiger partial charge in [0.25, 0.3) is 0 Å². The van der Waals surface area contributed by atoms with Crippen molar-refractivity contribution in [3.05, 3.63) is 47.2 Å². The van der Waals surface area contributed by atoms with Crippen LogP contribution in [0.4, 0.5) is 10.1 Å². The zero-order valence-corrected chi connectivity index (χ0v) is 14.1. The molecule has 1 N–H and O–H groups in total. The molecule has 0 aromatic heterocycles. The van der Waals surface area contributed by atoms with Gasteiger partial charge >= 0.3 is 0 Å². The smallest absolute Gasteiger partial charge is 0.234 e. The molecular formula is C16H15ClFNO3S. The third-order valence-corrected chi connectivity index (χ3v) is 4.26. The Morgan fingerprint density at radius 1 is 1.17 bits per heavy atom. The normalized spacial score (nSPS) is 10.3. The van der Waals surface area contributed by atoms with Gasteiger partial charge in [-0.25, -0.2) is 4.39 Å². The number of nitrogens with one attached hydrogen (secondary N) is 1. The van der Waals surface area contributed by atoms with E-state index in [0.29, 0.717) is 22.2 Å². The summed E-state index contributed by atoms with van der Waals surface area (Å²) in [5.41, 5.74) is 0.439. The van der Waals surface area contributed by atoms with Crippen molar-refractivity contribution in [2.75, 3.05) is 25.3 Å². The molecule has 122 valence electrons. The Bertz CT molecular complexity index is 694. The molecule has 0 aliphatic carbocycles. The SMILES string of the molecule is COc1cc(Cl)c(NC(=O)CSc2ccc(F)cc2)cc1OC. The third kappa shape index (κ3) is 4.77. The van der Waals surface area contributed by atoms with Crippen molar-refractivity contribution < 1.29 is 18.7 Å². The van der Waals surface area contributed by atoms with Crippen molar-refractivity contribution in [3.63, 3.8) is 0 Å². The maximum absolute atomic E-state index is 12.8. The second kappa shape index (κ2) is 8.08. The van der Waals surface area contributed by atoms with Gasteiger partial charge in [0.1, 0.15) is 5.82 Å². The zero-order valence-electron chi connectivity index (χ0n) is 12.6. The van der Waals surface area contributed by atoms with E-state index in [1.54, 1.807) is 24.3 Å². The fraction of sp³-hybridized carbons (Fsp3) is 0.188. The minimum absolute atomic E-state index is 0.177. The topological polar surface area (TPSA) is 47.6 Å². The molecule has 0 aliphatic rings. The molecule has 0 spiro atoms. The van der Waals surface area contributed by atoms with E-state index >= 15 is 0 Å².